The third-order valence-electron chi connectivity index (χ3n) is 7.53. The lowest BCUT2D eigenvalue weighted by atomic mass is 10.1. The van der Waals surface area contributed by atoms with Gasteiger partial charge >= 0.3 is 0 Å². The molecule has 0 radical (unpaired) electrons. The van der Waals surface area contributed by atoms with Crippen molar-refractivity contribution >= 4 is 45.0 Å². The lowest BCUT2D eigenvalue weighted by Gasteiger charge is -2.33. The minimum absolute atomic E-state index is 0.113. The summed E-state index contributed by atoms with van der Waals surface area (Å²) in [5, 5.41) is 3.66. The molecule has 1 aromatic heterocycles. The minimum atomic E-state index is -3.23. The van der Waals surface area contributed by atoms with Crippen molar-refractivity contribution in [3.05, 3.63) is 41.0 Å². The molecule has 2 aliphatic heterocycles. The summed E-state index contributed by atoms with van der Waals surface area (Å²) >= 11 is 6.35. The van der Waals surface area contributed by atoms with E-state index in [0.29, 0.717) is 65.8 Å². The van der Waals surface area contributed by atoms with Crippen LogP contribution in [0.5, 0.6) is 0 Å². The molecule has 1 saturated carbocycles. The zero-order valence-corrected chi connectivity index (χ0v) is 21.1. The molecule has 3 aliphatic rings. The summed E-state index contributed by atoms with van der Waals surface area (Å²) in [4.78, 5) is 25.8. The van der Waals surface area contributed by atoms with E-state index in [9.17, 15) is 13.2 Å². The van der Waals surface area contributed by atoms with Crippen LogP contribution >= 0.6 is 11.6 Å². The van der Waals surface area contributed by atoms with Crippen molar-refractivity contribution in [1.29, 1.82) is 0 Å². The first-order valence-corrected chi connectivity index (χ1v) is 13.7. The van der Waals surface area contributed by atoms with E-state index in [1.807, 2.05) is 12.1 Å². The summed E-state index contributed by atoms with van der Waals surface area (Å²) in [6.45, 7) is 7.95. The van der Waals surface area contributed by atoms with Gasteiger partial charge in [-0.2, -0.15) is 9.29 Å². The summed E-state index contributed by atoms with van der Waals surface area (Å²) in [6.07, 6.45) is 2.81. The zero-order valence-electron chi connectivity index (χ0n) is 19.5. The second-order valence-electron chi connectivity index (χ2n) is 9.96. The number of hydrogen-bond acceptors (Lipinski definition) is 7. The number of hydrogen-bond donors (Lipinski definition) is 1. The number of piperidine rings is 1. The number of halogens is 1. The van der Waals surface area contributed by atoms with Gasteiger partial charge in [-0.3, -0.25) is 4.79 Å². The average molecular weight is 505 g/mol. The summed E-state index contributed by atoms with van der Waals surface area (Å²) in [5.41, 5.74) is 1.73. The Morgan fingerprint density at radius 2 is 1.71 bits per heavy atom. The molecule has 0 spiro atoms. The third-order valence-corrected chi connectivity index (χ3v) is 9.11. The Hall–Kier alpha value is -2.43. The van der Waals surface area contributed by atoms with Crippen LogP contribution in [-0.2, 0) is 10.0 Å². The highest BCUT2D eigenvalue weighted by Crippen LogP contribution is 2.62. The van der Waals surface area contributed by atoms with Crippen molar-refractivity contribution in [1.82, 2.24) is 19.2 Å². The van der Waals surface area contributed by atoms with E-state index < -0.39 is 10.0 Å². The number of benzene rings is 1. The highest BCUT2D eigenvalue weighted by atomic mass is 35.5. The van der Waals surface area contributed by atoms with Crippen LogP contribution in [0.15, 0.2) is 30.5 Å². The van der Waals surface area contributed by atoms with Gasteiger partial charge in [0.25, 0.3) is 5.91 Å². The molecule has 2 aromatic rings. The molecule has 2 unspecified atom stereocenters. The number of carbonyl (C=O) groups is 1. The number of piperazine rings is 1. The number of sulfonamides is 1. The molecular weight excluding hydrogens is 476 g/mol. The van der Waals surface area contributed by atoms with Crippen LogP contribution in [0.2, 0.25) is 5.02 Å². The molecule has 1 aromatic carbocycles. The van der Waals surface area contributed by atoms with E-state index in [0.717, 1.165) is 18.8 Å². The van der Waals surface area contributed by atoms with Crippen LogP contribution < -0.4 is 10.2 Å². The van der Waals surface area contributed by atoms with E-state index in [1.165, 1.54) is 10.6 Å². The summed E-state index contributed by atoms with van der Waals surface area (Å²) in [7, 11) is -3.23. The number of anilines is 3. The van der Waals surface area contributed by atoms with E-state index in [1.54, 1.807) is 23.2 Å². The quantitative estimate of drug-likeness (QED) is 0.668. The molecule has 2 atom stereocenters. The Bertz CT molecular complexity index is 1200. The van der Waals surface area contributed by atoms with E-state index in [2.05, 4.69) is 34.0 Å². The number of carbonyl (C=O) groups excluding carboxylic acids is 1. The Balaban J connectivity index is 1.22. The normalized spacial score (nSPS) is 24.1. The van der Waals surface area contributed by atoms with Gasteiger partial charge in [0.2, 0.25) is 16.0 Å². The van der Waals surface area contributed by atoms with Crippen LogP contribution in [0.25, 0.3) is 0 Å². The Morgan fingerprint density at radius 3 is 2.29 bits per heavy atom. The fourth-order valence-electron chi connectivity index (χ4n) is 5.13. The maximum absolute atomic E-state index is 12.8. The van der Waals surface area contributed by atoms with Crippen LogP contribution in [0.3, 0.4) is 0 Å². The van der Waals surface area contributed by atoms with Crippen molar-refractivity contribution in [2.75, 3.05) is 55.7 Å². The summed E-state index contributed by atoms with van der Waals surface area (Å²) in [6, 6.07) is 7.12. The third kappa shape index (κ3) is 4.34. The lowest BCUT2D eigenvalue weighted by molar-refractivity contribution is 0.0698. The van der Waals surface area contributed by atoms with Gasteiger partial charge in [0, 0.05) is 50.5 Å². The van der Waals surface area contributed by atoms with E-state index in [4.69, 9.17) is 11.6 Å². The molecule has 1 amide bonds. The van der Waals surface area contributed by atoms with Crippen molar-refractivity contribution in [3.63, 3.8) is 0 Å². The smallest absolute Gasteiger partial charge is 0.253 e. The number of nitrogens with zero attached hydrogens (tertiary/aromatic N) is 5. The molecule has 2 saturated heterocycles. The zero-order chi connectivity index (χ0) is 24.3. The molecule has 1 N–H and O–H groups in total. The van der Waals surface area contributed by atoms with Gasteiger partial charge in [0.05, 0.1) is 12.5 Å². The van der Waals surface area contributed by atoms with Gasteiger partial charge in [-0.15, -0.1) is 0 Å². The molecule has 9 nitrogen and oxygen atoms in total. The largest absolute Gasteiger partial charge is 0.340 e. The monoisotopic (exact) mass is 504 g/mol. The second kappa shape index (κ2) is 8.35. The van der Waals surface area contributed by atoms with Gasteiger partial charge < -0.3 is 15.1 Å². The van der Waals surface area contributed by atoms with Crippen molar-refractivity contribution in [2.24, 2.45) is 17.3 Å². The molecule has 34 heavy (non-hydrogen) atoms. The first-order valence-electron chi connectivity index (χ1n) is 11.4. The fraction of sp³-hybridized carbons (Fsp3) is 0.522. The molecule has 182 valence electrons. The Kier molecular flexibility index (Phi) is 5.73. The SMILES string of the molecule is CC1(C)C2CN(c3ncc(Cl)c(Nc4ccc(C(=O)N5CCN(S(C)(=O)=O)CC5)cc4)n3)CC21. The number of fused-ring (bicyclic) bond motifs is 1. The maximum atomic E-state index is 12.8. The lowest BCUT2D eigenvalue weighted by Crippen LogP contribution is -2.50. The van der Waals surface area contributed by atoms with Crippen molar-refractivity contribution < 1.29 is 13.2 Å². The molecule has 0 bridgehead atoms. The maximum Gasteiger partial charge on any atom is 0.253 e. The van der Waals surface area contributed by atoms with Crippen molar-refractivity contribution in [2.45, 2.75) is 13.8 Å². The first kappa shape index (κ1) is 23.3. The predicted molar refractivity (Wildman–Crippen MR) is 132 cm³/mol. The highest BCUT2D eigenvalue weighted by molar-refractivity contribution is 7.88. The molecule has 5 rings (SSSR count). The minimum Gasteiger partial charge on any atom is -0.340 e. The second-order valence-corrected chi connectivity index (χ2v) is 12.4. The van der Waals surface area contributed by atoms with Gasteiger partial charge in [-0.25, -0.2) is 13.4 Å². The van der Waals surface area contributed by atoms with Crippen LogP contribution in [0, 0.1) is 17.3 Å². The average Bonchev–Trinajstić information content (AvgIpc) is 3.14. The van der Waals surface area contributed by atoms with Gasteiger partial charge in [-0.1, -0.05) is 25.4 Å². The van der Waals surface area contributed by atoms with Crippen LogP contribution in [-0.4, -0.2) is 79.0 Å². The fourth-order valence-corrected chi connectivity index (χ4v) is 6.10. The Morgan fingerprint density at radius 1 is 1.09 bits per heavy atom. The summed E-state index contributed by atoms with van der Waals surface area (Å²) in [5.74, 6) is 2.49. The predicted octanol–water partition coefficient (Wildman–Crippen LogP) is 2.68. The van der Waals surface area contributed by atoms with E-state index >= 15 is 0 Å². The van der Waals surface area contributed by atoms with Crippen LogP contribution in [0.4, 0.5) is 17.5 Å². The molecule has 1 aliphatic carbocycles. The molecular formula is C23H29ClN6O3S. The number of amides is 1. The number of rotatable bonds is 5. The molecule has 11 heteroatoms. The van der Waals surface area contributed by atoms with Gasteiger partial charge in [-0.05, 0) is 41.5 Å². The standard InChI is InChI=1S/C23H29ClN6O3S/c1-23(2)17-13-29(14-18(17)23)22-25-12-19(24)20(27-22)26-16-6-4-15(5-7-16)21(31)28-8-10-30(11-9-28)34(3,32)33/h4-7,12,17-18H,8-11,13-14H2,1-3H3,(H,25,26,27). The summed E-state index contributed by atoms with van der Waals surface area (Å²) < 4.78 is 24.8. The molecule has 3 heterocycles. The van der Waals surface area contributed by atoms with E-state index in [-0.39, 0.29) is 5.91 Å². The highest BCUT2D eigenvalue weighted by Gasteiger charge is 2.62. The first-order chi connectivity index (χ1) is 16.0. The van der Waals surface area contributed by atoms with Gasteiger partial charge in [0.1, 0.15) is 5.02 Å². The Labute approximate surface area is 205 Å². The van der Waals surface area contributed by atoms with Crippen LogP contribution in [0.1, 0.15) is 24.2 Å². The molecule has 3 fully saturated rings. The van der Waals surface area contributed by atoms with Crippen molar-refractivity contribution in [3.8, 4) is 0 Å². The number of nitrogens with one attached hydrogen (secondary N) is 1. The van der Waals surface area contributed by atoms with Gasteiger partial charge in [0.15, 0.2) is 5.82 Å². The topological polar surface area (TPSA) is 98.7 Å². The number of aromatic nitrogens is 2.